The number of ether oxygens (including phenoxy) is 1. The van der Waals surface area contributed by atoms with Crippen molar-refractivity contribution in [3.8, 4) is 78.3 Å². The molecule has 9 aromatic rings. The Morgan fingerprint density at radius 3 is 1.78 bits per heavy atom. The molecule has 0 spiro atoms. The average molecular weight is 689 g/mol. The largest absolute Gasteiger partial charge is 0.456 e. The van der Waals surface area contributed by atoms with E-state index in [1.807, 2.05) is 0 Å². The summed E-state index contributed by atoms with van der Waals surface area (Å²) < 4.78 is 6.63. The molecule has 1 aliphatic carbocycles. The molecule has 54 heavy (non-hydrogen) atoms. The summed E-state index contributed by atoms with van der Waals surface area (Å²) in [6.07, 6.45) is 0. The van der Waals surface area contributed by atoms with Gasteiger partial charge in [-0.3, -0.25) is 0 Å². The number of rotatable bonds is 4. The van der Waals surface area contributed by atoms with Crippen LogP contribution < -0.4 is 4.74 Å². The van der Waals surface area contributed by atoms with Gasteiger partial charge in [0.15, 0.2) is 0 Å². The molecule has 0 saturated heterocycles. The molecule has 11 rings (SSSR count). The fraction of sp³-hybridized carbons (Fsp3) is 0.0566. The van der Waals surface area contributed by atoms with Gasteiger partial charge in [-0.2, -0.15) is 0 Å². The van der Waals surface area contributed by atoms with Crippen molar-refractivity contribution in [2.45, 2.75) is 19.3 Å². The minimum absolute atomic E-state index is 0.0410. The zero-order chi connectivity index (χ0) is 36.0. The summed E-state index contributed by atoms with van der Waals surface area (Å²) in [5, 5.41) is 4.90. The highest BCUT2D eigenvalue weighted by Gasteiger charge is 2.35. The fourth-order valence-corrected chi connectivity index (χ4v) is 9.06. The SMILES string of the molecule is CC1(C)c2ccccc2-c2cc3ccc(-c4cc(-c5ccccc5)cc(-c5ccc6c(c5)-c5cccc7c(-c8ccccc8)ccc(c57)O6)c4)cc3cc21. The van der Waals surface area contributed by atoms with Gasteiger partial charge in [0.05, 0.1) is 0 Å². The number of benzene rings is 9. The summed E-state index contributed by atoms with van der Waals surface area (Å²) in [5.41, 5.74) is 17.4. The first kappa shape index (κ1) is 30.9. The summed E-state index contributed by atoms with van der Waals surface area (Å²) in [6.45, 7) is 4.71. The van der Waals surface area contributed by atoms with Gasteiger partial charge in [0.1, 0.15) is 11.5 Å². The Hall–Kier alpha value is -6.70. The van der Waals surface area contributed by atoms with Crippen molar-refractivity contribution in [1.82, 2.24) is 0 Å². The first-order chi connectivity index (χ1) is 26.5. The van der Waals surface area contributed by atoms with E-state index in [4.69, 9.17) is 4.74 Å². The van der Waals surface area contributed by atoms with Crippen LogP contribution in [0, 0.1) is 0 Å². The van der Waals surface area contributed by atoms with E-state index in [2.05, 4.69) is 196 Å². The van der Waals surface area contributed by atoms with Crippen molar-refractivity contribution in [2.75, 3.05) is 0 Å². The van der Waals surface area contributed by atoms with E-state index in [-0.39, 0.29) is 5.41 Å². The number of fused-ring (bicyclic) bond motifs is 6. The smallest absolute Gasteiger partial charge is 0.135 e. The molecule has 0 saturated carbocycles. The zero-order valence-electron chi connectivity index (χ0n) is 30.2. The van der Waals surface area contributed by atoms with Gasteiger partial charge < -0.3 is 4.74 Å². The molecule has 0 aromatic heterocycles. The van der Waals surface area contributed by atoms with E-state index in [9.17, 15) is 0 Å². The molecule has 0 unspecified atom stereocenters. The summed E-state index contributed by atoms with van der Waals surface area (Å²) in [4.78, 5) is 0. The lowest BCUT2D eigenvalue weighted by Crippen LogP contribution is -2.14. The first-order valence-electron chi connectivity index (χ1n) is 18.8. The van der Waals surface area contributed by atoms with Gasteiger partial charge >= 0.3 is 0 Å². The molecule has 1 heteroatoms. The highest BCUT2D eigenvalue weighted by atomic mass is 16.5. The van der Waals surface area contributed by atoms with Gasteiger partial charge in [-0.15, -0.1) is 0 Å². The summed E-state index contributed by atoms with van der Waals surface area (Å²) in [7, 11) is 0. The van der Waals surface area contributed by atoms with Crippen LogP contribution in [0.15, 0.2) is 182 Å². The van der Waals surface area contributed by atoms with Gasteiger partial charge in [-0.05, 0) is 143 Å². The predicted molar refractivity (Wildman–Crippen MR) is 226 cm³/mol. The van der Waals surface area contributed by atoms with Crippen molar-refractivity contribution in [2.24, 2.45) is 0 Å². The van der Waals surface area contributed by atoms with E-state index in [1.54, 1.807) is 0 Å². The molecular formula is C53H36O. The van der Waals surface area contributed by atoms with Crippen molar-refractivity contribution < 1.29 is 4.74 Å². The quantitative estimate of drug-likeness (QED) is 0.179. The maximum Gasteiger partial charge on any atom is 0.135 e. The third-order valence-corrected chi connectivity index (χ3v) is 11.8. The molecule has 0 amide bonds. The van der Waals surface area contributed by atoms with E-state index >= 15 is 0 Å². The third kappa shape index (κ3) is 4.72. The molecule has 1 aliphatic heterocycles. The van der Waals surface area contributed by atoms with Gasteiger partial charge in [0, 0.05) is 16.4 Å². The maximum atomic E-state index is 6.63. The van der Waals surface area contributed by atoms with Gasteiger partial charge in [0.2, 0.25) is 0 Å². The van der Waals surface area contributed by atoms with Gasteiger partial charge in [-0.25, -0.2) is 0 Å². The lowest BCUT2D eigenvalue weighted by atomic mass is 9.82. The monoisotopic (exact) mass is 688 g/mol. The lowest BCUT2D eigenvalue weighted by molar-refractivity contribution is 0.487. The van der Waals surface area contributed by atoms with Crippen LogP contribution in [-0.2, 0) is 5.41 Å². The number of hydrogen-bond acceptors (Lipinski definition) is 1. The summed E-state index contributed by atoms with van der Waals surface area (Å²) in [5.74, 6) is 1.79. The molecule has 9 aromatic carbocycles. The average Bonchev–Trinajstić information content (AvgIpc) is 3.45. The molecule has 254 valence electrons. The molecule has 1 nitrogen and oxygen atoms in total. The van der Waals surface area contributed by atoms with E-state index in [1.165, 1.54) is 82.9 Å². The molecule has 0 bridgehead atoms. The minimum Gasteiger partial charge on any atom is -0.456 e. The first-order valence-corrected chi connectivity index (χ1v) is 18.8. The molecule has 1 heterocycles. The Balaban J connectivity index is 1.06. The van der Waals surface area contributed by atoms with Crippen molar-refractivity contribution >= 4 is 21.5 Å². The fourth-order valence-electron chi connectivity index (χ4n) is 9.06. The molecule has 0 atom stereocenters. The predicted octanol–water partition coefficient (Wildman–Crippen LogP) is 14.7. The second kappa shape index (κ2) is 11.7. The van der Waals surface area contributed by atoms with Crippen LogP contribution in [0.5, 0.6) is 11.5 Å². The van der Waals surface area contributed by atoms with Crippen LogP contribution in [-0.4, -0.2) is 0 Å². The Kier molecular flexibility index (Phi) is 6.66. The molecule has 0 fully saturated rings. The van der Waals surface area contributed by atoms with Crippen molar-refractivity contribution in [3.63, 3.8) is 0 Å². The van der Waals surface area contributed by atoms with Crippen molar-refractivity contribution in [3.05, 3.63) is 193 Å². The van der Waals surface area contributed by atoms with Gasteiger partial charge in [-0.1, -0.05) is 141 Å². The van der Waals surface area contributed by atoms with Crippen molar-refractivity contribution in [1.29, 1.82) is 0 Å². The van der Waals surface area contributed by atoms with Crippen LogP contribution in [0.3, 0.4) is 0 Å². The van der Waals surface area contributed by atoms with E-state index in [0.717, 1.165) is 28.0 Å². The second-order valence-electron chi connectivity index (χ2n) is 15.3. The Labute approximate surface area is 315 Å². The van der Waals surface area contributed by atoms with Crippen LogP contribution in [0.25, 0.3) is 88.3 Å². The molecule has 0 radical (unpaired) electrons. The standard InChI is InChI=1S/C53H36O/c1-53(2)48-19-10-9-16-43(48)46-30-36-21-20-35(26-41(36)32-49(46)53)39-27-38(33-12-5-3-6-13-33)28-40(29-39)37-22-24-50-47(31-37)45-18-11-17-44-42(34-14-7-4-8-15-34)23-25-51(54-50)52(44)45/h3-32H,1-2H3. The van der Waals surface area contributed by atoms with Crippen LogP contribution >= 0.6 is 0 Å². The Bertz CT molecular complexity index is 2970. The number of hydrogen-bond donors (Lipinski definition) is 0. The van der Waals surface area contributed by atoms with E-state index in [0.29, 0.717) is 0 Å². The van der Waals surface area contributed by atoms with E-state index < -0.39 is 0 Å². The maximum absolute atomic E-state index is 6.63. The summed E-state index contributed by atoms with van der Waals surface area (Å²) in [6, 6.07) is 66.7. The second-order valence-corrected chi connectivity index (χ2v) is 15.3. The molecule has 2 aliphatic rings. The van der Waals surface area contributed by atoms with Crippen LogP contribution in [0.4, 0.5) is 0 Å². The normalized spacial score (nSPS) is 13.3. The zero-order valence-corrected chi connectivity index (χ0v) is 30.2. The third-order valence-electron chi connectivity index (χ3n) is 11.8. The molecule has 0 N–H and O–H groups in total. The topological polar surface area (TPSA) is 9.23 Å². The Morgan fingerprint density at radius 1 is 0.333 bits per heavy atom. The van der Waals surface area contributed by atoms with Crippen LogP contribution in [0.2, 0.25) is 0 Å². The van der Waals surface area contributed by atoms with Crippen LogP contribution in [0.1, 0.15) is 25.0 Å². The van der Waals surface area contributed by atoms with Gasteiger partial charge in [0.25, 0.3) is 0 Å². The lowest BCUT2D eigenvalue weighted by Gasteiger charge is -2.23. The highest BCUT2D eigenvalue weighted by Crippen LogP contribution is 2.51. The summed E-state index contributed by atoms with van der Waals surface area (Å²) >= 11 is 0. The minimum atomic E-state index is -0.0410. The molecular weight excluding hydrogens is 653 g/mol. The Morgan fingerprint density at radius 2 is 0.981 bits per heavy atom. The highest BCUT2D eigenvalue weighted by molar-refractivity contribution is 6.10.